The fourth-order valence-corrected chi connectivity index (χ4v) is 5.60. The number of fused-ring (bicyclic) bond motifs is 1. The van der Waals surface area contributed by atoms with Crippen LogP contribution in [0.25, 0.3) is 0 Å². The van der Waals surface area contributed by atoms with Crippen molar-refractivity contribution in [2.45, 2.75) is 18.4 Å². The van der Waals surface area contributed by atoms with Gasteiger partial charge in [-0.15, -0.1) is 0 Å². The lowest BCUT2D eigenvalue weighted by Crippen LogP contribution is -2.46. The van der Waals surface area contributed by atoms with Gasteiger partial charge >= 0.3 is 0 Å². The molecule has 0 unspecified atom stereocenters. The van der Waals surface area contributed by atoms with Crippen LogP contribution in [0.4, 0.5) is 11.4 Å². The molecular weight excluding hydrogens is 416 g/mol. The van der Waals surface area contributed by atoms with Crippen LogP contribution in [-0.2, 0) is 9.53 Å². The van der Waals surface area contributed by atoms with E-state index in [1.54, 1.807) is 7.11 Å². The molecule has 5 rings (SSSR count). The maximum atomic E-state index is 12.9. The Bertz CT molecular complexity index is 928. The molecule has 3 aliphatic rings. The van der Waals surface area contributed by atoms with Crippen LogP contribution in [0.5, 0.6) is 5.75 Å². The molecule has 0 aromatic heterocycles. The highest BCUT2D eigenvalue weighted by atomic mass is 16.5. The first kappa shape index (κ1) is 22.2. The van der Waals surface area contributed by atoms with Crippen molar-refractivity contribution < 1.29 is 14.3 Å². The van der Waals surface area contributed by atoms with Crippen molar-refractivity contribution in [1.82, 2.24) is 10.2 Å². The van der Waals surface area contributed by atoms with Gasteiger partial charge in [-0.1, -0.05) is 12.1 Å². The van der Waals surface area contributed by atoms with Gasteiger partial charge in [-0.2, -0.15) is 0 Å². The summed E-state index contributed by atoms with van der Waals surface area (Å²) in [5, 5.41) is 6.67. The van der Waals surface area contributed by atoms with Crippen LogP contribution in [0.2, 0.25) is 0 Å². The van der Waals surface area contributed by atoms with E-state index in [1.165, 1.54) is 11.3 Å². The van der Waals surface area contributed by atoms with Gasteiger partial charge in [-0.25, -0.2) is 0 Å². The summed E-state index contributed by atoms with van der Waals surface area (Å²) in [7, 11) is 1.70. The van der Waals surface area contributed by atoms with E-state index in [9.17, 15) is 4.79 Å². The Hall–Kier alpha value is -2.61. The second-order valence-electron chi connectivity index (χ2n) is 9.23. The summed E-state index contributed by atoms with van der Waals surface area (Å²) in [6.07, 6.45) is 1.08. The van der Waals surface area contributed by atoms with Crippen molar-refractivity contribution in [1.29, 1.82) is 0 Å². The number of likely N-dealkylation sites (tertiary alicyclic amines) is 1. The van der Waals surface area contributed by atoms with Crippen LogP contribution in [0.15, 0.2) is 48.5 Å². The number of carbonyl (C=O) groups excluding carboxylic acids is 1. The number of hydrogen-bond donors (Lipinski definition) is 2. The monoisotopic (exact) mass is 450 g/mol. The maximum Gasteiger partial charge on any atom is 0.238 e. The Morgan fingerprint density at radius 3 is 2.61 bits per heavy atom. The zero-order valence-corrected chi connectivity index (χ0v) is 19.3. The average molecular weight is 451 g/mol. The van der Waals surface area contributed by atoms with E-state index in [-0.39, 0.29) is 5.91 Å². The van der Waals surface area contributed by atoms with E-state index in [2.05, 4.69) is 44.7 Å². The van der Waals surface area contributed by atoms with Crippen molar-refractivity contribution in [3.05, 3.63) is 54.1 Å². The molecule has 1 amide bonds. The summed E-state index contributed by atoms with van der Waals surface area (Å²) in [5.41, 5.74) is 3.36. The van der Waals surface area contributed by atoms with E-state index >= 15 is 0 Å². The third-order valence-corrected chi connectivity index (χ3v) is 7.33. The van der Waals surface area contributed by atoms with E-state index in [0.29, 0.717) is 24.4 Å². The first-order valence-corrected chi connectivity index (χ1v) is 12.0. The van der Waals surface area contributed by atoms with E-state index in [4.69, 9.17) is 9.47 Å². The van der Waals surface area contributed by atoms with Gasteiger partial charge in [-0.05, 0) is 60.8 Å². The number of benzene rings is 2. The fraction of sp³-hybridized carbons (Fsp3) is 0.500. The topological polar surface area (TPSA) is 66.1 Å². The SMILES string of the molecule is COc1ccc([C@H]2CN(CC(=O)Nc3ccc(N4CCOCC4)cc3)[C@@H]3CCNC[C@H]23)cc1. The van der Waals surface area contributed by atoms with Crippen LogP contribution < -0.4 is 20.3 Å². The van der Waals surface area contributed by atoms with Crippen molar-refractivity contribution in [3.8, 4) is 5.75 Å². The highest BCUT2D eigenvalue weighted by Crippen LogP contribution is 2.40. The molecule has 33 heavy (non-hydrogen) atoms. The molecule has 0 aliphatic carbocycles. The Morgan fingerprint density at radius 2 is 1.88 bits per heavy atom. The predicted octanol–water partition coefficient (Wildman–Crippen LogP) is 2.55. The summed E-state index contributed by atoms with van der Waals surface area (Å²) in [5.74, 6) is 1.88. The third-order valence-electron chi connectivity index (χ3n) is 7.33. The molecule has 2 aromatic carbocycles. The molecule has 3 heterocycles. The Labute approximate surface area is 196 Å². The highest BCUT2D eigenvalue weighted by Gasteiger charge is 2.43. The Morgan fingerprint density at radius 1 is 1.12 bits per heavy atom. The number of rotatable bonds is 6. The molecule has 3 atom stereocenters. The normalized spacial score (nSPS) is 25.5. The van der Waals surface area contributed by atoms with Crippen LogP contribution in [-0.4, -0.2) is 76.4 Å². The summed E-state index contributed by atoms with van der Waals surface area (Å²) < 4.78 is 10.8. The molecule has 2 N–H and O–H groups in total. The largest absolute Gasteiger partial charge is 0.497 e. The molecule has 0 radical (unpaired) electrons. The van der Waals surface area contributed by atoms with Crippen LogP contribution in [0, 0.1) is 5.92 Å². The molecule has 2 aromatic rings. The zero-order chi connectivity index (χ0) is 22.6. The molecule has 3 saturated heterocycles. The second kappa shape index (κ2) is 10.1. The minimum absolute atomic E-state index is 0.0572. The first-order valence-electron chi connectivity index (χ1n) is 12.0. The van der Waals surface area contributed by atoms with Gasteiger partial charge < -0.3 is 25.0 Å². The summed E-state index contributed by atoms with van der Waals surface area (Å²) >= 11 is 0. The summed E-state index contributed by atoms with van der Waals surface area (Å²) in [6.45, 7) is 6.71. The molecule has 0 saturated carbocycles. The van der Waals surface area contributed by atoms with Gasteiger partial charge in [0.15, 0.2) is 0 Å². The number of carbonyl (C=O) groups is 1. The van der Waals surface area contributed by atoms with Crippen LogP contribution in [0.3, 0.4) is 0 Å². The number of nitrogens with zero attached hydrogens (tertiary/aromatic N) is 2. The Balaban J connectivity index is 1.22. The summed E-state index contributed by atoms with van der Waals surface area (Å²) in [4.78, 5) is 17.6. The Kier molecular flexibility index (Phi) is 6.80. The van der Waals surface area contributed by atoms with E-state index in [0.717, 1.165) is 63.8 Å². The van der Waals surface area contributed by atoms with Crippen LogP contribution in [0.1, 0.15) is 17.9 Å². The number of methoxy groups -OCH3 is 1. The van der Waals surface area contributed by atoms with Crippen molar-refractivity contribution in [2.75, 3.05) is 69.8 Å². The molecule has 7 heteroatoms. The highest BCUT2D eigenvalue weighted by molar-refractivity contribution is 5.92. The van der Waals surface area contributed by atoms with E-state index in [1.807, 2.05) is 24.3 Å². The van der Waals surface area contributed by atoms with Gasteiger partial charge in [0.1, 0.15) is 5.75 Å². The molecule has 3 aliphatic heterocycles. The minimum Gasteiger partial charge on any atom is -0.497 e. The lowest BCUT2D eigenvalue weighted by Gasteiger charge is -2.33. The zero-order valence-electron chi connectivity index (χ0n) is 19.3. The number of piperidine rings is 1. The molecule has 0 bridgehead atoms. The van der Waals surface area contributed by atoms with Crippen molar-refractivity contribution >= 4 is 17.3 Å². The van der Waals surface area contributed by atoms with Gasteiger partial charge in [-0.3, -0.25) is 9.69 Å². The summed E-state index contributed by atoms with van der Waals surface area (Å²) in [6, 6.07) is 17.0. The molecule has 3 fully saturated rings. The maximum absolute atomic E-state index is 12.9. The fourth-order valence-electron chi connectivity index (χ4n) is 5.60. The van der Waals surface area contributed by atoms with Crippen LogP contribution >= 0.6 is 0 Å². The number of anilines is 2. The van der Waals surface area contributed by atoms with Gasteiger partial charge in [0, 0.05) is 49.5 Å². The number of nitrogens with one attached hydrogen (secondary N) is 2. The average Bonchev–Trinajstić information content (AvgIpc) is 3.23. The lowest BCUT2D eigenvalue weighted by atomic mass is 9.82. The first-order chi connectivity index (χ1) is 16.2. The third kappa shape index (κ3) is 5.00. The number of morpholine rings is 1. The van der Waals surface area contributed by atoms with Gasteiger partial charge in [0.2, 0.25) is 5.91 Å². The lowest BCUT2D eigenvalue weighted by molar-refractivity contribution is -0.117. The van der Waals surface area contributed by atoms with Crippen molar-refractivity contribution in [2.24, 2.45) is 5.92 Å². The van der Waals surface area contributed by atoms with E-state index < -0.39 is 0 Å². The molecule has 0 spiro atoms. The van der Waals surface area contributed by atoms with Gasteiger partial charge in [0.25, 0.3) is 0 Å². The predicted molar refractivity (Wildman–Crippen MR) is 130 cm³/mol. The molecule has 176 valence electrons. The standard InChI is InChI=1S/C26H34N4O3/c1-32-22-8-2-19(3-9-22)24-17-30(25-10-11-27-16-23(24)25)18-26(31)28-20-4-6-21(7-5-20)29-12-14-33-15-13-29/h2-9,23-25,27H,10-18H2,1H3,(H,28,31)/t23-,24-,25-/m1/s1. The van der Waals surface area contributed by atoms with Crippen molar-refractivity contribution in [3.63, 3.8) is 0 Å². The van der Waals surface area contributed by atoms with Gasteiger partial charge in [0.05, 0.1) is 26.9 Å². The second-order valence-corrected chi connectivity index (χ2v) is 9.23. The number of hydrogen-bond acceptors (Lipinski definition) is 6. The molecular formula is C26H34N4O3. The number of amides is 1. The number of ether oxygens (including phenoxy) is 2. The quantitative estimate of drug-likeness (QED) is 0.705. The smallest absolute Gasteiger partial charge is 0.238 e. The molecule has 7 nitrogen and oxygen atoms in total. The minimum atomic E-state index is 0.0572.